The first-order valence-corrected chi connectivity index (χ1v) is 10.0. The molecule has 2 atom stereocenters. The van der Waals surface area contributed by atoms with Gasteiger partial charge in [0.2, 0.25) is 5.91 Å². The second kappa shape index (κ2) is 9.03. The summed E-state index contributed by atoms with van der Waals surface area (Å²) in [5.41, 5.74) is 3.12. The van der Waals surface area contributed by atoms with Crippen LogP contribution in [0, 0.1) is 5.92 Å². The minimum absolute atomic E-state index is 0.0308. The molecule has 2 N–H and O–H groups in total. The minimum Gasteiger partial charge on any atom is -0.497 e. The summed E-state index contributed by atoms with van der Waals surface area (Å²) in [6.45, 7) is 6.25. The number of aromatic amines is 1. The SMILES string of the molecule is COc1cc(OC)cc(C(CC(=O)NC(C)C(C)C)c2c[nH]c3ccccc23)c1. The van der Waals surface area contributed by atoms with Crippen LogP contribution in [0.4, 0.5) is 0 Å². The summed E-state index contributed by atoms with van der Waals surface area (Å²) >= 11 is 0. The molecule has 0 bridgehead atoms. The molecule has 1 heterocycles. The molecule has 3 rings (SSSR count). The average Bonchev–Trinajstić information content (AvgIpc) is 3.15. The zero-order valence-electron chi connectivity index (χ0n) is 17.8. The number of hydrogen-bond acceptors (Lipinski definition) is 3. The van der Waals surface area contributed by atoms with Crippen LogP contribution in [0.25, 0.3) is 10.9 Å². The fourth-order valence-corrected chi connectivity index (χ4v) is 3.49. The third-order valence-corrected chi connectivity index (χ3v) is 5.55. The standard InChI is InChI=1S/C24H30N2O3/c1-15(2)16(3)26-24(27)13-21(17-10-18(28-4)12-19(11-17)29-5)22-14-25-23-9-7-6-8-20(22)23/h6-12,14-16,21,25H,13H2,1-5H3,(H,26,27). The predicted octanol–water partition coefficient (Wildman–Crippen LogP) is 4.87. The number of amides is 1. The molecular weight excluding hydrogens is 364 g/mol. The van der Waals surface area contributed by atoms with E-state index in [2.05, 4.69) is 30.2 Å². The molecule has 2 aromatic carbocycles. The zero-order valence-corrected chi connectivity index (χ0v) is 17.8. The molecule has 1 aromatic heterocycles. The van der Waals surface area contributed by atoms with Crippen molar-refractivity contribution in [3.8, 4) is 11.5 Å². The van der Waals surface area contributed by atoms with Gasteiger partial charge < -0.3 is 19.8 Å². The fraction of sp³-hybridized carbons (Fsp3) is 0.375. The molecule has 2 unspecified atom stereocenters. The Hall–Kier alpha value is -2.95. The van der Waals surface area contributed by atoms with E-state index in [9.17, 15) is 4.79 Å². The number of H-pyrrole nitrogens is 1. The van der Waals surface area contributed by atoms with Crippen molar-refractivity contribution in [1.29, 1.82) is 0 Å². The maximum absolute atomic E-state index is 12.9. The van der Waals surface area contributed by atoms with Gasteiger partial charge in [-0.25, -0.2) is 0 Å². The first-order valence-electron chi connectivity index (χ1n) is 10.0. The lowest BCUT2D eigenvalue weighted by atomic mass is 9.87. The van der Waals surface area contributed by atoms with E-state index in [1.54, 1.807) is 14.2 Å². The molecule has 0 aliphatic carbocycles. The molecule has 0 spiro atoms. The smallest absolute Gasteiger partial charge is 0.221 e. The van der Waals surface area contributed by atoms with Gasteiger partial charge in [-0.3, -0.25) is 4.79 Å². The molecule has 29 heavy (non-hydrogen) atoms. The molecule has 0 fully saturated rings. The van der Waals surface area contributed by atoms with Crippen LogP contribution >= 0.6 is 0 Å². The van der Waals surface area contributed by atoms with E-state index < -0.39 is 0 Å². The van der Waals surface area contributed by atoms with Gasteiger partial charge in [-0.2, -0.15) is 0 Å². The van der Waals surface area contributed by atoms with Gasteiger partial charge in [-0.1, -0.05) is 32.0 Å². The molecule has 1 amide bonds. The molecule has 5 heteroatoms. The van der Waals surface area contributed by atoms with Gasteiger partial charge in [0.05, 0.1) is 14.2 Å². The van der Waals surface area contributed by atoms with Gasteiger partial charge in [0.1, 0.15) is 11.5 Å². The normalized spacial score (nSPS) is 13.3. The molecule has 0 aliphatic heterocycles. The third-order valence-electron chi connectivity index (χ3n) is 5.55. The van der Waals surface area contributed by atoms with E-state index in [0.29, 0.717) is 23.8 Å². The van der Waals surface area contributed by atoms with Gasteiger partial charge in [0.25, 0.3) is 0 Å². The Bertz CT molecular complexity index is 955. The van der Waals surface area contributed by atoms with Crippen molar-refractivity contribution in [2.75, 3.05) is 14.2 Å². The Morgan fingerprint density at radius 3 is 2.31 bits per heavy atom. The lowest BCUT2D eigenvalue weighted by Gasteiger charge is -2.22. The molecule has 0 saturated carbocycles. The number of carbonyl (C=O) groups excluding carboxylic acids is 1. The van der Waals surface area contributed by atoms with E-state index in [1.165, 1.54) is 0 Å². The van der Waals surface area contributed by atoms with Crippen LogP contribution < -0.4 is 14.8 Å². The monoisotopic (exact) mass is 394 g/mol. The molecule has 3 aromatic rings. The number of fused-ring (bicyclic) bond motifs is 1. The number of carbonyl (C=O) groups is 1. The number of methoxy groups -OCH3 is 2. The van der Waals surface area contributed by atoms with Crippen LogP contribution in [0.1, 0.15) is 44.2 Å². The quantitative estimate of drug-likeness (QED) is 0.573. The van der Waals surface area contributed by atoms with Crippen LogP contribution in [0.5, 0.6) is 11.5 Å². The number of rotatable bonds is 8. The van der Waals surface area contributed by atoms with Crippen molar-refractivity contribution in [3.05, 3.63) is 59.8 Å². The van der Waals surface area contributed by atoms with Crippen molar-refractivity contribution < 1.29 is 14.3 Å². The number of nitrogens with one attached hydrogen (secondary N) is 2. The molecule has 5 nitrogen and oxygen atoms in total. The van der Waals surface area contributed by atoms with Gasteiger partial charge in [0, 0.05) is 41.5 Å². The second-order valence-corrected chi connectivity index (χ2v) is 7.79. The van der Waals surface area contributed by atoms with Crippen molar-refractivity contribution >= 4 is 16.8 Å². The van der Waals surface area contributed by atoms with Crippen LogP contribution in [0.2, 0.25) is 0 Å². The Morgan fingerprint density at radius 1 is 1.03 bits per heavy atom. The van der Waals surface area contributed by atoms with E-state index in [1.807, 2.05) is 49.5 Å². The highest BCUT2D eigenvalue weighted by atomic mass is 16.5. The van der Waals surface area contributed by atoms with Gasteiger partial charge in [0.15, 0.2) is 0 Å². The fourth-order valence-electron chi connectivity index (χ4n) is 3.49. The highest BCUT2D eigenvalue weighted by Crippen LogP contribution is 2.37. The summed E-state index contributed by atoms with van der Waals surface area (Å²) in [5.74, 6) is 1.69. The highest BCUT2D eigenvalue weighted by molar-refractivity contribution is 5.86. The Balaban J connectivity index is 2.04. The van der Waals surface area contributed by atoms with E-state index in [-0.39, 0.29) is 17.9 Å². The van der Waals surface area contributed by atoms with Gasteiger partial charge >= 0.3 is 0 Å². The largest absolute Gasteiger partial charge is 0.497 e. The Morgan fingerprint density at radius 2 is 1.69 bits per heavy atom. The van der Waals surface area contributed by atoms with Crippen LogP contribution in [-0.4, -0.2) is 31.2 Å². The molecular formula is C24H30N2O3. The number of aromatic nitrogens is 1. The van der Waals surface area contributed by atoms with Crippen molar-refractivity contribution in [1.82, 2.24) is 10.3 Å². The van der Waals surface area contributed by atoms with Crippen LogP contribution in [0.15, 0.2) is 48.7 Å². The topological polar surface area (TPSA) is 63.4 Å². The van der Waals surface area contributed by atoms with E-state index in [4.69, 9.17) is 9.47 Å². The second-order valence-electron chi connectivity index (χ2n) is 7.79. The van der Waals surface area contributed by atoms with Crippen LogP contribution in [-0.2, 0) is 4.79 Å². The third kappa shape index (κ3) is 4.73. The molecule has 154 valence electrons. The first-order chi connectivity index (χ1) is 13.9. The summed E-state index contributed by atoms with van der Waals surface area (Å²) in [6, 6.07) is 14.1. The van der Waals surface area contributed by atoms with Crippen molar-refractivity contribution in [3.63, 3.8) is 0 Å². The molecule has 0 aliphatic rings. The minimum atomic E-state index is -0.130. The van der Waals surface area contributed by atoms with Crippen LogP contribution in [0.3, 0.4) is 0 Å². The lowest BCUT2D eigenvalue weighted by molar-refractivity contribution is -0.122. The van der Waals surface area contributed by atoms with E-state index in [0.717, 1.165) is 22.0 Å². The maximum atomic E-state index is 12.9. The number of hydrogen-bond donors (Lipinski definition) is 2. The Labute approximate surface area is 172 Å². The van der Waals surface area contributed by atoms with E-state index >= 15 is 0 Å². The average molecular weight is 395 g/mol. The lowest BCUT2D eigenvalue weighted by Crippen LogP contribution is -2.36. The summed E-state index contributed by atoms with van der Waals surface area (Å²) in [5, 5.41) is 4.25. The zero-order chi connectivity index (χ0) is 21.0. The number of para-hydroxylation sites is 1. The van der Waals surface area contributed by atoms with Gasteiger partial charge in [-0.15, -0.1) is 0 Å². The maximum Gasteiger partial charge on any atom is 0.221 e. The predicted molar refractivity (Wildman–Crippen MR) is 117 cm³/mol. The first kappa shape index (κ1) is 20.8. The summed E-state index contributed by atoms with van der Waals surface area (Å²) < 4.78 is 10.9. The molecule has 0 saturated heterocycles. The highest BCUT2D eigenvalue weighted by Gasteiger charge is 2.24. The summed E-state index contributed by atoms with van der Waals surface area (Å²) in [4.78, 5) is 16.2. The van der Waals surface area contributed by atoms with Crippen molar-refractivity contribution in [2.45, 2.75) is 39.2 Å². The Kier molecular flexibility index (Phi) is 6.47. The summed E-state index contributed by atoms with van der Waals surface area (Å²) in [6.07, 6.45) is 2.34. The van der Waals surface area contributed by atoms with Gasteiger partial charge in [-0.05, 0) is 42.2 Å². The number of ether oxygens (including phenoxy) is 2. The summed E-state index contributed by atoms with van der Waals surface area (Å²) in [7, 11) is 3.27. The van der Waals surface area contributed by atoms with Crippen molar-refractivity contribution in [2.24, 2.45) is 5.92 Å². The number of benzene rings is 2. The molecule has 0 radical (unpaired) electrons.